The Morgan fingerprint density at radius 3 is 2.24 bits per heavy atom. The number of aryl methyl sites for hydroxylation is 2. The fourth-order valence-corrected chi connectivity index (χ4v) is 4.89. The van der Waals surface area contributed by atoms with Crippen molar-refractivity contribution in [1.29, 1.82) is 0 Å². The number of benzene rings is 3. The molecule has 1 heterocycles. The highest BCUT2D eigenvalue weighted by atomic mass is 32.2. The fraction of sp³-hybridized carbons (Fsp3) is 0.192. The van der Waals surface area contributed by atoms with Gasteiger partial charge in [-0.3, -0.25) is 9.52 Å². The van der Waals surface area contributed by atoms with E-state index in [1.165, 1.54) is 0 Å². The molecule has 0 saturated heterocycles. The maximum absolute atomic E-state index is 12.9. The zero-order valence-corrected chi connectivity index (χ0v) is 19.4. The smallest absolute Gasteiger partial charge is 0.261 e. The van der Waals surface area contributed by atoms with Gasteiger partial charge in [-0.1, -0.05) is 24.3 Å². The summed E-state index contributed by atoms with van der Waals surface area (Å²) in [5.74, 6) is 0.131. The van der Waals surface area contributed by atoms with Crippen LogP contribution in [0.5, 0.6) is 5.75 Å². The van der Waals surface area contributed by atoms with Crippen LogP contribution in [0.15, 0.2) is 77.7 Å². The second-order valence-electron chi connectivity index (χ2n) is 8.21. The molecule has 4 rings (SSSR count). The van der Waals surface area contributed by atoms with Gasteiger partial charge in [0.2, 0.25) is 0 Å². The first-order chi connectivity index (χ1) is 15.7. The molecule has 3 aromatic rings. The minimum Gasteiger partial charge on any atom is -0.508 e. The standard InChI is InChI=1S/C26H26N2O4S/c1-18-3-12-25(17-19(18)2)33(31,32)27-23-8-4-22(5-9-23)26(30)28-15-13-21(14-16-28)20-6-10-24(29)11-7-20/h3-13,17,27,29H,14-16H2,1-2H3. The number of phenols is 1. The zero-order valence-electron chi connectivity index (χ0n) is 18.6. The van der Waals surface area contributed by atoms with Crippen LogP contribution in [0.4, 0.5) is 5.69 Å². The van der Waals surface area contributed by atoms with E-state index in [0.29, 0.717) is 24.3 Å². The van der Waals surface area contributed by atoms with E-state index < -0.39 is 10.0 Å². The number of hydrogen-bond donors (Lipinski definition) is 2. The molecule has 0 spiro atoms. The second-order valence-corrected chi connectivity index (χ2v) is 9.89. The van der Waals surface area contributed by atoms with Crippen molar-refractivity contribution in [3.63, 3.8) is 0 Å². The Balaban J connectivity index is 1.42. The predicted octanol–water partition coefficient (Wildman–Crippen LogP) is 4.74. The van der Waals surface area contributed by atoms with E-state index in [9.17, 15) is 18.3 Å². The minimum absolute atomic E-state index is 0.0976. The van der Waals surface area contributed by atoms with Gasteiger partial charge in [0, 0.05) is 24.3 Å². The fourth-order valence-electron chi connectivity index (χ4n) is 3.75. The summed E-state index contributed by atoms with van der Waals surface area (Å²) in [7, 11) is -3.71. The van der Waals surface area contributed by atoms with Crippen LogP contribution in [0.1, 0.15) is 33.5 Å². The van der Waals surface area contributed by atoms with Crippen molar-refractivity contribution in [3.8, 4) is 5.75 Å². The predicted molar refractivity (Wildman–Crippen MR) is 130 cm³/mol. The lowest BCUT2D eigenvalue weighted by Crippen LogP contribution is -2.34. The van der Waals surface area contributed by atoms with E-state index in [4.69, 9.17) is 0 Å². The number of carbonyl (C=O) groups excluding carboxylic acids is 1. The van der Waals surface area contributed by atoms with Crippen LogP contribution < -0.4 is 4.72 Å². The average Bonchev–Trinajstić information content (AvgIpc) is 2.81. The molecule has 1 aliphatic rings. The summed E-state index contributed by atoms with van der Waals surface area (Å²) in [4.78, 5) is 14.9. The van der Waals surface area contributed by atoms with Gasteiger partial charge in [-0.2, -0.15) is 0 Å². The van der Waals surface area contributed by atoms with Crippen molar-refractivity contribution in [2.24, 2.45) is 0 Å². The number of anilines is 1. The molecule has 0 aliphatic carbocycles. The monoisotopic (exact) mass is 462 g/mol. The van der Waals surface area contributed by atoms with Crippen molar-refractivity contribution in [2.45, 2.75) is 25.2 Å². The molecular formula is C26H26N2O4S. The summed E-state index contributed by atoms with van der Waals surface area (Å²) >= 11 is 0. The Bertz CT molecular complexity index is 1310. The lowest BCUT2D eigenvalue weighted by molar-refractivity contribution is 0.0773. The molecular weight excluding hydrogens is 436 g/mol. The van der Waals surface area contributed by atoms with Crippen molar-refractivity contribution in [2.75, 3.05) is 17.8 Å². The molecule has 33 heavy (non-hydrogen) atoms. The van der Waals surface area contributed by atoms with E-state index >= 15 is 0 Å². The number of amides is 1. The van der Waals surface area contributed by atoms with E-state index in [1.807, 2.05) is 32.1 Å². The minimum atomic E-state index is -3.71. The third kappa shape index (κ3) is 5.09. The molecule has 0 radical (unpaired) electrons. The summed E-state index contributed by atoms with van der Waals surface area (Å²) in [6.45, 7) is 4.89. The summed E-state index contributed by atoms with van der Waals surface area (Å²) < 4.78 is 28.0. The number of hydrogen-bond acceptors (Lipinski definition) is 4. The van der Waals surface area contributed by atoms with E-state index in [2.05, 4.69) is 4.72 Å². The first-order valence-corrected chi connectivity index (χ1v) is 12.2. The molecule has 0 saturated carbocycles. The average molecular weight is 463 g/mol. The summed E-state index contributed by atoms with van der Waals surface area (Å²) in [6.07, 6.45) is 2.75. The Hall–Kier alpha value is -3.58. The van der Waals surface area contributed by atoms with Crippen LogP contribution in [-0.4, -0.2) is 37.4 Å². The topological polar surface area (TPSA) is 86.7 Å². The number of phenolic OH excluding ortho intramolecular Hbond substituents is 1. The summed E-state index contributed by atoms with van der Waals surface area (Å²) in [5.41, 5.74) is 5.03. The number of nitrogens with zero attached hydrogens (tertiary/aromatic N) is 1. The highest BCUT2D eigenvalue weighted by Gasteiger charge is 2.20. The first-order valence-electron chi connectivity index (χ1n) is 10.7. The Kier molecular flexibility index (Phi) is 6.24. The van der Waals surface area contributed by atoms with Gasteiger partial charge >= 0.3 is 0 Å². The Labute approximate surface area is 194 Å². The Morgan fingerprint density at radius 2 is 1.64 bits per heavy atom. The summed E-state index contributed by atoms with van der Waals surface area (Å²) in [6, 6.07) is 18.6. The van der Waals surface area contributed by atoms with Crippen LogP contribution in [0.3, 0.4) is 0 Å². The molecule has 0 atom stereocenters. The molecule has 6 nitrogen and oxygen atoms in total. The van der Waals surface area contributed by atoms with E-state index in [0.717, 1.165) is 28.7 Å². The van der Waals surface area contributed by atoms with Crippen molar-refractivity contribution in [1.82, 2.24) is 4.90 Å². The number of nitrogens with one attached hydrogen (secondary N) is 1. The van der Waals surface area contributed by atoms with Crippen LogP contribution in [0, 0.1) is 13.8 Å². The van der Waals surface area contributed by atoms with E-state index in [1.54, 1.807) is 59.5 Å². The highest BCUT2D eigenvalue weighted by molar-refractivity contribution is 7.92. The van der Waals surface area contributed by atoms with Crippen molar-refractivity contribution < 1.29 is 18.3 Å². The zero-order chi connectivity index (χ0) is 23.6. The van der Waals surface area contributed by atoms with Crippen LogP contribution >= 0.6 is 0 Å². The SMILES string of the molecule is Cc1ccc(S(=O)(=O)Nc2ccc(C(=O)N3CC=C(c4ccc(O)cc4)CC3)cc2)cc1C. The van der Waals surface area contributed by atoms with Gasteiger partial charge in [0.05, 0.1) is 4.90 Å². The van der Waals surface area contributed by atoms with Gasteiger partial charge in [0.1, 0.15) is 5.75 Å². The molecule has 1 amide bonds. The van der Waals surface area contributed by atoms with Crippen molar-refractivity contribution in [3.05, 3.63) is 95.1 Å². The third-order valence-electron chi connectivity index (χ3n) is 5.91. The van der Waals surface area contributed by atoms with Crippen LogP contribution in [0.2, 0.25) is 0 Å². The quantitative estimate of drug-likeness (QED) is 0.573. The molecule has 2 N–H and O–H groups in total. The third-order valence-corrected chi connectivity index (χ3v) is 7.29. The maximum Gasteiger partial charge on any atom is 0.261 e. The first kappa shape index (κ1) is 22.6. The lowest BCUT2D eigenvalue weighted by Gasteiger charge is -2.27. The number of rotatable bonds is 5. The molecule has 3 aromatic carbocycles. The molecule has 1 aliphatic heterocycles. The van der Waals surface area contributed by atoms with Gasteiger partial charge in [0.25, 0.3) is 15.9 Å². The van der Waals surface area contributed by atoms with E-state index in [-0.39, 0.29) is 16.6 Å². The number of sulfonamides is 1. The molecule has 0 bridgehead atoms. The molecule has 0 aromatic heterocycles. The van der Waals surface area contributed by atoms with Crippen molar-refractivity contribution >= 4 is 27.2 Å². The van der Waals surface area contributed by atoms with Gasteiger partial charge in [-0.25, -0.2) is 8.42 Å². The van der Waals surface area contributed by atoms with Crippen LogP contribution in [-0.2, 0) is 10.0 Å². The van der Waals surface area contributed by atoms with Gasteiger partial charge in [-0.05, 0) is 91.1 Å². The molecule has 0 unspecified atom stereocenters. The van der Waals surface area contributed by atoms with Crippen LogP contribution in [0.25, 0.3) is 5.57 Å². The largest absolute Gasteiger partial charge is 0.508 e. The number of aromatic hydroxyl groups is 1. The number of carbonyl (C=O) groups is 1. The molecule has 7 heteroatoms. The normalized spacial score (nSPS) is 14.0. The highest BCUT2D eigenvalue weighted by Crippen LogP contribution is 2.25. The maximum atomic E-state index is 12.9. The van der Waals surface area contributed by atoms with Gasteiger partial charge < -0.3 is 10.0 Å². The molecule has 0 fully saturated rings. The molecule has 170 valence electrons. The second kappa shape index (κ2) is 9.11. The van der Waals surface area contributed by atoms with Gasteiger partial charge in [-0.15, -0.1) is 0 Å². The summed E-state index contributed by atoms with van der Waals surface area (Å²) in [5, 5.41) is 9.45. The lowest BCUT2D eigenvalue weighted by atomic mass is 9.99. The Morgan fingerprint density at radius 1 is 0.939 bits per heavy atom. The van der Waals surface area contributed by atoms with Gasteiger partial charge in [0.15, 0.2) is 0 Å².